The molecule has 0 aliphatic carbocycles. The first-order valence-electron chi connectivity index (χ1n) is 30.5. The van der Waals surface area contributed by atoms with Crippen LogP contribution in [0.4, 0.5) is 0 Å². The zero-order chi connectivity index (χ0) is 52.0. The first-order chi connectivity index (χ1) is 37.2. The Kier molecular flexibility index (Phi) is 26.7. The Balaban J connectivity index is 1.15. The minimum absolute atomic E-state index is 0.686. The average Bonchev–Trinajstić information content (AvgIpc) is 4.19. The predicted octanol–water partition coefficient (Wildman–Crippen LogP) is 21.5. The van der Waals surface area contributed by atoms with E-state index in [0.29, 0.717) is 19.8 Å². The number of hydrogen-bond donors (Lipinski definition) is 0. The molecule has 0 bridgehead atoms. The van der Waals surface area contributed by atoms with Gasteiger partial charge in [-0.15, -0.1) is 22.7 Å². The van der Waals surface area contributed by atoms with Crippen molar-refractivity contribution in [3.63, 3.8) is 0 Å². The molecule has 0 saturated heterocycles. The van der Waals surface area contributed by atoms with E-state index in [9.17, 15) is 0 Å². The van der Waals surface area contributed by atoms with E-state index in [4.69, 9.17) is 14.2 Å². The summed E-state index contributed by atoms with van der Waals surface area (Å²) >= 11 is 3.90. The molecule has 1 atom stereocenters. The summed E-state index contributed by atoms with van der Waals surface area (Å²) in [5.41, 5.74) is 5.07. The number of ether oxygens (including phenoxy) is 3. The molecule has 0 radical (unpaired) electrons. The minimum atomic E-state index is -2.16. The van der Waals surface area contributed by atoms with Crippen molar-refractivity contribution in [1.82, 2.24) is 0 Å². The van der Waals surface area contributed by atoms with E-state index in [1.807, 2.05) is 22.7 Å². The fourth-order valence-corrected chi connectivity index (χ4v) is 19.2. The molecular weight excluding hydrogens is 972 g/mol. The molecule has 1 aliphatic heterocycles. The van der Waals surface area contributed by atoms with Crippen LogP contribution in [-0.4, -0.2) is 19.8 Å². The quantitative estimate of drug-likeness (QED) is 0.0283. The Hall–Kier alpha value is -3.89. The number of thiophene rings is 2. The zero-order valence-electron chi connectivity index (χ0n) is 47.0. The van der Waals surface area contributed by atoms with Crippen LogP contribution in [0.5, 0.6) is 17.2 Å². The molecule has 1 aliphatic rings. The molecule has 4 aromatic carbocycles. The lowest BCUT2D eigenvalue weighted by atomic mass is 10.0. The minimum Gasteiger partial charge on any atom is -0.490 e. The monoisotopic (exact) mass is 1070 g/mol. The van der Waals surface area contributed by atoms with E-state index in [-0.39, 0.29) is 0 Å². The Labute approximate surface area is 465 Å². The fraction of sp³-hybridized carbons (Fsp3) is 0.536. The molecule has 0 spiro atoms. The summed E-state index contributed by atoms with van der Waals surface area (Å²) in [6.07, 6.45) is 40.1. The van der Waals surface area contributed by atoms with Gasteiger partial charge in [0.25, 0.3) is 0 Å². The maximum Gasteiger partial charge on any atom is 0.203 e. The van der Waals surface area contributed by atoms with Gasteiger partial charge in [-0.2, -0.15) is 0 Å². The van der Waals surface area contributed by atoms with E-state index in [2.05, 4.69) is 135 Å². The van der Waals surface area contributed by atoms with E-state index in [1.165, 1.54) is 226 Å². The highest BCUT2D eigenvalue weighted by atomic mass is 32.1. The molecule has 75 heavy (non-hydrogen) atoms. The van der Waals surface area contributed by atoms with Gasteiger partial charge in [-0.05, 0) is 77.2 Å². The fourth-order valence-electron chi connectivity index (χ4n) is 11.2. The maximum atomic E-state index is 6.99. The molecular formula is C69H96O3PS2+. The second kappa shape index (κ2) is 34.1. The van der Waals surface area contributed by atoms with Crippen LogP contribution >= 0.6 is 29.9 Å². The molecule has 7 rings (SSSR count). The van der Waals surface area contributed by atoms with Gasteiger partial charge in [0.1, 0.15) is 23.2 Å². The van der Waals surface area contributed by atoms with Crippen molar-refractivity contribution in [1.29, 1.82) is 0 Å². The lowest BCUT2D eigenvalue weighted by molar-refractivity contribution is 0.234. The first-order valence-corrected chi connectivity index (χ1v) is 34.2. The van der Waals surface area contributed by atoms with Crippen molar-refractivity contribution in [2.45, 2.75) is 220 Å². The van der Waals surface area contributed by atoms with Crippen molar-refractivity contribution in [2.24, 2.45) is 0 Å². The highest BCUT2D eigenvalue weighted by Crippen LogP contribution is 2.67. The predicted molar refractivity (Wildman–Crippen MR) is 333 cm³/mol. The third kappa shape index (κ3) is 18.1. The average molecular weight is 1070 g/mol. The molecule has 2 aromatic heterocycles. The van der Waals surface area contributed by atoms with Crippen molar-refractivity contribution in [3.05, 3.63) is 120 Å². The van der Waals surface area contributed by atoms with Crippen molar-refractivity contribution < 1.29 is 14.2 Å². The zero-order valence-corrected chi connectivity index (χ0v) is 49.5. The standard InChI is InChI=1S/C69H96O3PS2/c1-4-7-10-13-16-19-22-25-28-37-49-70-62-53-57(54-63(71-50-38-29-26-23-20-17-14-11-8-5-2)67(62)72-51-39-30-27-24-21-18-15-12-9-6-3)56-73(61-42-35-32-36-43-61)64-48-52-74-68(64)69-65(73)55-66(75-69)60-46-44-59(45-47-60)58-40-33-31-34-41-58/h31-36,40-48,52-55H,4-30,37-39,49-51,56H2,1-3H3/q+1. The van der Waals surface area contributed by atoms with Crippen LogP contribution in [0.25, 0.3) is 31.3 Å². The number of hydrogen-bond acceptors (Lipinski definition) is 5. The van der Waals surface area contributed by atoms with Gasteiger partial charge in [0.15, 0.2) is 11.5 Å². The van der Waals surface area contributed by atoms with E-state index in [0.717, 1.165) is 42.7 Å². The van der Waals surface area contributed by atoms with Gasteiger partial charge in [0, 0.05) is 10.9 Å². The molecule has 6 aromatic rings. The van der Waals surface area contributed by atoms with Crippen LogP contribution in [0.3, 0.4) is 0 Å². The van der Waals surface area contributed by atoms with Crippen molar-refractivity contribution in [2.75, 3.05) is 19.8 Å². The Bertz CT molecular complexity index is 2390. The third-order valence-corrected chi connectivity index (χ3v) is 22.6. The second-order valence-corrected chi connectivity index (χ2v) is 27.1. The van der Waals surface area contributed by atoms with Crippen LogP contribution in [0.1, 0.15) is 219 Å². The Morgan fingerprint density at radius 3 is 1.27 bits per heavy atom. The highest BCUT2D eigenvalue weighted by Gasteiger charge is 2.55. The van der Waals surface area contributed by atoms with E-state index in [1.54, 1.807) is 0 Å². The number of rotatable bonds is 41. The summed E-state index contributed by atoms with van der Waals surface area (Å²) < 4.78 is 20.9. The Morgan fingerprint density at radius 2 is 0.787 bits per heavy atom. The third-order valence-electron chi connectivity index (χ3n) is 15.6. The second-order valence-electron chi connectivity index (χ2n) is 21.7. The van der Waals surface area contributed by atoms with Gasteiger partial charge in [0.2, 0.25) is 5.75 Å². The van der Waals surface area contributed by atoms with Crippen molar-refractivity contribution >= 4 is 45.8 Å². The van der Waals surface area contributed by atoms with Gasteiger partial charge < -0.3 is 14.2 Å². The van der Waals surface area contributed by atoms with E-state index >= 15 is 0 Å². The van der Waals surface area contributed by atoms with Gasteiger partial charge in [-0.3, -0.25) is 0 Å². The normalized spacial score (nSPS) is 13.8. The first kappa shape index (κ1) is 58.8. The summed E-state index contributed by atoms with van der Waals surface area (Å²) in [6.45, 7) is 8.99. The molecule has 3 heterocycles. The number of benzene rings is 4. The van der Waals surface area contributed by atoms with Crippen LogP contribution in [0, 0.1) is 0 Å². The van der Waals surface area contributed by atoms with Gasteiger partial charge in [0.05, 0.1) is 35.7 Å². The SMILES string of the molecule is CCCCCCCCCCCCOc1cc(C[P+]2(c3ccccc3)c3ccsc3-c3sc(-c4ccc(-c5ccccc5)cc4)cc32)cc(OCCCCCCCCCCCC)c1OCCCCCCCCCCCC. The van der Waals surface area contributed by atoms with Gasteiger partial charge in [-0.1, -0.05) is 267 Å². The summed E-state index contributed by atoms with van der Waals surface area (Å²) in [5.74, 6) is 2.56. The summed E-state index contributed by atoms with van der Waals surface area (Å²) in [5, 5.41) is 6.82. The lowest BCUT2D eigenvalue weighted by Crippen LogP contribution is -2.28. The molecule has 0 saturated carbocycles. The highest BCUT2D eigenvalue weighted by molar-refractivity contribution is 7.96. The smallest absolute Gasteiger partial charge is 0.203 e. The number of fused-ring (bicyclic) bond motifs is 3. The Morgan fingerprint density at radius 1 is 0.373 bits per heavy atom. The summed E-state index contributed by atoms with van der Waals surface area (Å²) in [6, 6.07) is 41.2. The van der Waals surface area contributed by atoms with Crippen LogP contribution in [0.2, 0.25) is 0 Å². The van der Waals surface area contributed by atoms with Gasteiger partial charge >= 0.3 is 0 Å². The molecule has 6 heteroatoms. The van der Waals surface area contributed by atoms with E-state index < -0.39 is 7.26 Å². The molecule has 1 unspecified atom stereocenters. The van der Waals surface area contributed by atoms with Crippen LogP contribution < -0.4 is 30.1 Å². The van der Waals surface area contributed by atoms with Crippen LogP contribution in [-0.2, 0) is 6.16 Å². The molecule has 0 amide bonds. The topological polar surface area (TPSA) is 27.7 Å². The summed E-state index contributed by atoms with van der Waals surface area (Å²) in [7, 11) is -2.16. The molecule has 0 fully saturated rings. The summed E-state index contributed by atoms with van der Waals surface area (Å²) in [4.78, 5) is 4.24. The molecule has 3 nitrogen and oxygen atoms in total. The molecule has 406 valence electrons. The largest absolute Gasteiger partial charge is 0.490 e. The number of unbranched alkanes of at least 4 members (excludes halogenated alkanes) is 27. The van der Waals surface area contributed by atoms with Crippen LogP contribution in [0.15, 0.2) is 115 Å². The van der Waals surface area contributed by atoms with Crippen molar-refractivity contribution in [3.8, 4) is 48.6 Å². The maximum absolute atomic E-state index is 6.99. The molecule has 0 N–H and O–H groups in total. The van der Waals surface area contributed by atoms with Gasteiger partial charge in [-0.25, -0.2) is 0 Å². The lowest BCUT2D eigenvalue weighted by Gasteiger charge is -2.25.